The molecule has 1 aromatic rings. The molecule has 0 saturated carbocycles. The Labute approximate surface area is 96.4 Å². The molecule has 0 spiro atoms. The number of nitrogens with one attached hydrogen (secondary N) is 1. The van der Waals surface area contributed by atoms with Gasteiger partial charge in [-0.2, -0.15) is 0 Å². The Morgan fingerprint density at radius 2 is 2.06 bits per heavy atom. The number of hydrogen-bond donors (Lipinski definition) is 3. The van der Waals surface area contributed by atoms with Crippen molar-refractivity contribution in [2.45, 2.75) is 20.0 Å². The van der Waals surface area contributed by atoms with E-state index < -0.39 is 6.10 Å². The molecule has 0 aliphatic rings. The zero-order valence-electron chi connectivity index (χ0n) is 10.1. The Kier molecular flexibility index (Phi) is 4.58. The second-order valence-corrected chi connectivity index (χ2v) is 3.91. The van der Waals surface area contributed by atoms with Gasteiger partial charge in [0.1, 0.15) is 5.75 Å². The summed E-state index contributed by atoms with van der Waals surface area (Å²) in [4.78, 5) is 0. The molecule has 4 N–H and O–H groups in total. The lowest BCUT2D eigenvalue weighted by atomic mass is 10.1. The third-order valence-corrected chi connectivity index (χ3v) is 2.54. The molecule has 1 unspecified atom stereocenters. The third kappa shape index (κ3) is 3.12. The minimum atomic E-state index is -0.512. The van der Waals surface area contributed by atoms with E-state index in [9.17, 15) is 5.11 Å². The highest BCUT2D eigenvalue weighted by Crippen LogP contribution is 2.25. The van der Waals surface area contributed by atoms with Crippen molar-refractivity contribution in [3.63, 3.8) is 0 Å². The van der Waals surface area contributed by atoms with Crippen LogP contribution in [0.4, 0.5) is 5.69 Å². The lowest BCUT2D eigenvalue weighted by Gasteiger charge is -2.15. The van der Waals surface area contributed by atoms with Gasteiger partial charge in [-0.1, -0.05) is 0 Å². The monoisotopic (exact) mass is 224 g/mol. The zero-order valence-corrected chi connectivity index (χ0v) is 10.1. The smallest absolute Gasteiger partial charge is 0.122 e. The molecule has 90 valence electrons. The number of ether oxygens (including phenoxy) is 1. The summed E-state index contributed by atoms with van der Waals surface area (Å²) in [6, 6.07) is 3.99. The SMILES string of the molecule is COc1cc(C)c(NCC(O)CN)cc1C. The molecule has 0 aromatic heterocycles. The van der Waals surface area contributed by atoms with E-state index in [4.69, 9.17) is 10.5 Å². The van der Waals surface area contributed by atoms with Gasteiger partial charge in [-0.25, -0.2) is 0 Å². The van der Waals surface area contributed by atoms with Crippen molar-refractivity contribution in [3.05, 3.63) is 23.3 Å². The fraction of sp³-hybridized carbons (Fsp3) is 0.500. The number of rotatable bonds is 5. The van der Waals surface area contributed by atoms with E-state index in [-0.39, 0.29) is 6.54 Å². The lowest BCUT2D eigenvalue weighted by Crippen LogP contribution is -2.28. The highest BCUT2D eigenvalue weighted by molar-refractivity contribution is 5.57. The highest BCUT2D eigenvalue weighted by atomic mass is 16.5. The van der Waals surface area contributed by atoms with Gasteiger partial charge in [-0.15, -0.1) is 0 Å². The highest BCUT2D eigenvalue weighted by Gasteiger charge is 2.06. The standard InChI is InChI=1S/C12H20N2O2/c1-8-5-12(16-3)9(2)4-11(8)14-7-10(15)6-13/h4-5,10,14-15H,6-7,13H2,1-3H3. The fourth-order valence-electron chi connectivity index (χ4n) is 1.51. The van der Waals surface area contributed by atoms with E-state index in [1.807, 2.05) is 26.0 Å². The number of nitrogens with two attached hydrogens (primary N) is 1. The van der Waals surface area contributed by atoms with Gasteiger partial charge in [0, 0.05) is 18.8 Å². The molecule has 0 amide bonds. The molecule has 0 heterocycles. The summed E-state index contributed by atoms with van der Waals surface area (Å²) < 4.78 is 5.23. The van der Waals surface area contributed by atoms with Crippen molar-refractivity contribution in [1.29, 1.82) is 0 Å². The first-order valence-corrected chi connectivity index (χ1v) is 5.35. The molecule has 1 rings (SSSR count). The van der Waals surface area contributed by atoms with Crippen LogP contribution >= 0.6 is 0 Å². The summed E-state index contributed by atoms with van der Waals surface area (Å²) in [5.41, 5.74) is 8.50. The predicted octanol–water partition coefficient (Wildman–Crippen LogP) is 1.04. The second-order valence-electron chi connectivity index (χ2n) is 3.91. The minimum absolute atomic E-state index is 0.265. The van der Waals surface area contributed by atoms with Crippen LogP contribution in [0.1, 0.15) is 11.1 Å². The second kappa shape index (κ2) is 5.72. The van der Waals surface area contributed by atoms with Gasteiger partial charge in [0.05, 0.1) is 13.2 Å². The van der Waals surface area contributed by atoms with E-state index in [0.717, 1.165) is 22.6 Å². The number of methoxy groups -OCH3 is 1. The fourth-order valence-corrected chi connectivity index (χ4v) is 1.51. The zero-order chi connectivity index (χ0) is 12.1. The maximum absolute atomic E-state index is 9.37. The lowest BCUT2D eigenvalue weighted by molar-refractivity contribution is 0.196. The summed E-state index contributed by atoms with van der Waals surface area (Å²) in [5, 5.41) is 12.5. The van der Waals surface area contributed by atoms with Gasteiger partial charge in [-0.05, 0) is 37.1 Å². The topological polar surface area (TPSA) is 67.5 Å². The van der Waals surface area contributed by atoms with Crippen LogP contribution < -0.4 is 15.8 Å². The van der Waals surface area contributed by atoms with Crippen molar-refractivity contribution in [2.75, 3.05) is 25.5 Å². The van der Waals surface area contributed by atoms with Gasteiger partial charge < -0.3 is 20.9 Å². The maximum Gasteiger partial charge on any atom is 0.122 e. The molecule has 1 aromatic carbocycles. The summed E-state index contributed by atoms with van der Waals surface area (Å²) in [5.74, 6) is 0.877. The van der Waals surface area contributed by atoms with Gasteiger partial charge in [-0.3, -0.25) is 0 Å². The number of benzene rings is 1. The van der Waals surface area contributed by atoms with E-state index in [2.05, 4.69) is 5.32 Å². The Bertz CT molecular complexity index is 353. The predicted molar refractivity (Wildman–Crippen MR) is 66.0 cm³/mol. The number of aliphatic hydroxyl groups is 1. The van der Waals surface area contributed by atoms with E-state index >= 15 is 0 Å². The van der Waals surface area contributed by atoms with Crippen LogP contribution in [0, 0.1) is 13.8 Å². The average Bonchev–Trinajstić information content (AvgIpc) is 2.29. The van der Waals surface area contributed by atoms with E-state index in [1.165, 1.54) is 0 Å². The van der Waals surface area contributed by atoms with Crippen LogP contribution in [0.3, 0.4) is 0 Å². The molecule has 0 bridgehead atoms. The van der Waals surface area contributed by atoms with Crippen LogP contribution in [0.2, 0.25) is 0 Å². The van der Waals surface area contributed by atoms with Crippen LogP contribution in [-0.4, -0.2) is 31.4 Å². The molecule has 1 atom stereocenters. The van der Waals surface area contributed by atoms with Crippen molar-refractivity contribution in [3.8, 4) is 5.75 Å². The summed E-state index contributed by atoms with van der Waals surface area (Å²) in [6.07, 6.45) is -0.512. The Morgan fingerprint density at radius 1 is 1.38 bits per heavy atom. The van der Waals surface area contributed by atoms with E-state index in [0.29, 0.717) is 6.54 Å². The molecular formula is C12H20N2O2. The largest absolute Gasteiger partial charge is 0.496 e. The molecule has 0 saturated heterocycles. The average molecular weight is 224 g/mol. The van der Waals surface area contributed by atoms with Crippen LogP contribution in [-0.2, 0) is 0 Å². The third-order valence-electron chi connectivity index (χ3n) is 2.54. The number of anilines is 1. The van der Waals surface area contributed by atoms with Crippen molar-refractivity contribution >= 4 is 5.69 Å². The molecule has 0 fully saturated rings. The number of aryl methyl sites for hydroxylation is 2. The Morgan fingerprint density at radius 3 is 2.62 bits per heavy atom. The molecular weight excluding hydrogens is 204 g/mol. The molecule has 16 heavy (non-hydrogen) atoms. The van der Waals surface area contributed by atoms with Crippen molar-refractivity contribution < 1.29 is 9.84 Å². The minimum Gasteiger partial charge on any atom is -0.496 e. The molecule has 0 aliphatic heterocycles. The normalized spacial score (nSPS) is 12.3. The number of hydrogen-bond acceptors (Lipinski definition) is 4. The maximum atomic E-state index is 9.37. The Hall–Kier alpha value is -1.26. The molecule has 0 radical (unpaired) electrons. The van der Waals surface area contributed by atoms with Crippen molar-refractivity contribution in [2.24, 2.45) is 5.73 Å². The first-order chi connectivity index (χ1) is 7.58. The first-order valence-electron chi connectivity index (χ1n) is 5.35. The van der Waals surface area contributed by atoms with Gasteiger partial charge in [0.15, 0.2) is 0 Å². The summed E-state index contributed by atoms with van der Waals surface area (Å²) in [6.45, 7) is 4.71. The van der Waals surface area contributed by atoms with Gasteiger partial charge in [0.25, 0.3) is 0 Å². The van der Waals surface area contributed by atoms with Crippen molar-refractivity contribution in [1.82, 2.24) is 0 Å². The van der Waals surface area contributed by atoms with Gasteiger partial charge in [0.2, 0.25) is 0 Å². The summed E-state index contributed by atoms with van der Waals surface area (Å²) >= 11 is 0. The molecule has 4 heteroatoms. The molecule has 4 nitrogen and oxygen atoms in total. The van der Waals surface area contributed by atoms with Crippen LogP contribution in [0.25, 0.3) is 0 Å². The van der Waals surface area contributed by atoms with Crippen LogP contribution in [0.15, 0.2) is 12.1 Å². The first kappa shape index (κ1) is 12.8. The van der Waals surface area contributed by atoms with E-state index in [1.54, 1.807) is 7.11 Å². The van der Waals surface area contributed by atoms with Crippen LogP contribution in [0.5, 0.6) is 5.75 Å². The Balaban J connectivity index is 2.77. The quantitative estimate of drug-likeness (QED) is 0.699. The molecule has 0 aliphatic carbocycles. The van der Waals surface area contributed by atoms with Gasteiger partial charge >= 0.3 is 0 Å². The number of aliphatic hydroxyl groups excluding tert-OH is 1. The summed E-state index contributed by atoms with van der Waals surface area (Å²) in [7, 11) is 1.66.